The molecule has 0 bridgehead atoms. The molecule has 1 saturated heterocycles. The third-order valence-electron chi connectivity index (χ3n) is 10.2. The number of hydrogen-bond acceptors (Lipinski definition) is 9. The minimum Gasteiger partial charge on any atom is -0.497 e. The fourth-order valence-electron chi connectivity index (χ4n) is 7.20. The Morgan fingerprint density at radius 1 is 0.929 bits per heavy atom. The van der Waals surface area contributed by atoms with Gasteiger partial charge >= 0.3 is 12.0 Å². The van der Waals surface area contributed by atoms with Gasteiger partial charge < -0.3 is 34.1 Å². The van der Waals surface area contributed by atoms with Gasteiger partial charge in [-0.3, -0.25) is 4.79 Å². The summed E-state index contributed by atoms with van der Waals surface area (Å²) in [5, 5.41) is 3.54. The smallest absolute Gasteiger partial charge is 0.328 e. The van der Waals surface area contributed by atoms with Crippen molar-refractivity contribution in [3.63, 3.8) is 0 Å². The van der Waals surface area contributed by atoms with Crippen molar-refractivity contribution in [1.29, 1.82) is 0 Å². The second kappa shape index (κ2) is 18.7. The molecule has 0 saturated carbocycles. The van der Waals surface area contributed by atoms with Crippen LogP contribution in [-0.2, 0) is 20.9 Å². The molecule has 3 amide bonds. The molecule has 2 aliphatic heterocycles. The molecule has 2 aliphatic rings. The molecule has 56 heavy (non-hydrogen) atoms. The Morgan fingerprint density at radius 2 is 1.70 bits per heavy atom. The summed E-state index contributed by atoms with van der Waals surface area (Å²) in [6, 6.07) is 14.9. The van der Waals surface area contributed by atoms with Crippen LogP contribution in [0.25, 0.3) is 22.3 Å². The van der Waals surface area contributed by atoms with Gasteiger partial charge in [-0.25, -0.2) is 19.0 Å². The van der Waals surface area contributed by atoms with Crippen molar-refractivity contribution in [2.24, 2.45) is 0 Å². The fourth-order valence-corrected chi connectivity index (χ4v) is 7.20. The Hall–Kier alpha value is -5.72. The third kappa shape index (κ3) is 9.55. The number of aromatic nitrogens is 2. The van der Waals surface area contributed by atoms with Crippen molar-refractivity contribution >= 4 is 28.8 Å². The lowest BCUT2D eigenvalue weighted by atomic mass is 10.1. The quantitative estimate of drug-likeness (QED) is 0.139. The normalized spacial score (nSPS) is 19.7. The summed E-state index contributed by atoms with van der Waals surface area (Å²) in [4.78, 5) is 55.0. The van der Waals surface area contributed by atoms with E-state index in [2.05, 4.69) is 11.4 Å². The topological polar surface area (TPSA) is 132 Å². The number of benzene rings is 3. The van der Waals surface area contributed by atoms with Gasteiger partial charge in [-0.1, -0.05) is 30.7 Å². The second-order valence-corrected chi connectivity index (χ2v) is 14.1. The maximum atomic E-state index is 14.7. The van der Waals surface area contributed by atoms with Gasteiger partial charge in [0.05, 0.1) is 38.3 Å². The molecule has 3 atom stereocenters. The minimum absolute atomic E-state index is 0.0787. The number of aryl methyl sites for hydroxylation is 1. The molecule has 4 aromatic rings. The standard InChI is InChI=1S/C43H50FN5O7/c1-5-55-42(51)35-13-11-9-7-6-8-10-12-24-48(26-29-14-20-32(53-3)21-15-29)43(52)49-27-33(25-36(49)40(50)45-35)56-41-34-22-23-37(54-4)28(2)38(34)46-39(47-41)30-16-18-31(44)19-17-30/h7,9,14-23,33,35-36H,5-6,8,10-13,24-27H2,1-4H3,(H,45,50). The van der Waals surface area contributed by atoms with Gasteiger partial charge in [-0.05, 0) is 100 Å². The van der Waals surface area contributed by atoms with Crippen molar-refractivity contribution in [2.75, 3.05) is 33.9 Å². The summed E-state index contributed by atoms with van der Waals surface area (Å²) in [7, 11) is 3.19. The van der Waals surface area contributed by atoms with Crippen LogP contribution in [0.2, 0.25) is 0 Å². The van der Waals surface area contributed by atoms with Crippen LogP contribution in [0.5, 0.6) is 17.4 Å². The number of allylic oxidation sites excluding steroid dienone is 2. The zero-order valence-corrected chi connectivity index (χ0v) is 32.5. The van der Waals surface area contributed by atoms with E-state index in [9.17, 15) is 18.8 Å². The Bertz CT molecular complexity index is 2020. The number of carbonyl (C=O) groups is 3. The lowest BCUT2D eigenvalue weighted by Gasteiger charge is -2.32. The Morgan fingerprint density at radius 3 is 2.43 bits per heavy atom. The Kier molecular flexibility index (Phi) is 13.4. The third-order valence-corrected chi connectivity index (χ3v) is 10.2. The first-order valence-electron chi connectivity index (χ1n) is 19.3. The van der Waals surface area contributed by atoms with Crippen LogP contribution in [0.4, 0.5) is 9.18 Å². The SMILES string of the molecule is CCOC(=O)C1CCC=CCCCCCN(Cc2ccc(OC)cc2)C(=O)N2CC(Oc3nc(-c4ccc(F)cc4)nc4c(C)c(OC)ccc34)CC2C(=O)N1. The molecule has 6 rings (SSSR count). The number of methoxy groups -OCH3 is 2. The molecule has 13 heteroatoms. The number of carbonyl (C=O) groups excluding carboxylic acids is 3. The predicted molar refractivity (Wildman–Crippen MR) is 210 cm³/mol. The van der Waals surface area contributed by atoms with E-state index >= 15 is 0 Å². The van der Waals surface area contributed by atoms with Crippen LogP contribution in [0.15, 0.2) is 72.8 Å². The van der Waals surface area contributed by atoms with Crippen LogP contribution in [0, 0.1) is 12.7 Å². The molecule has 12 nitrogen and oxygen atoms in total. The van der Waals surface area contributed by atoms with E-state index in [4.69, 9.17) is 28.9 Å². The summed E-state index contributed by atoms with van der Waals surface area (Å²) >= 11 is 0. The maximum absolute atomic E-state index is 14.7. The summed E-state index contributed by atoms with van der Waals surface area (Å²) in [5.74, 6) is 0.526. The van der Waals surface area contributed by atoms with E-state index in [-0.39, 0.29) is 37.3 Å². The number of hydrogen-bond donors (Lipinski definition) is 1. The number of urea groups is 1. The fraction of sp³-hybridized carbons (Fsp3) is 0.419. The van der Waals surface area contributed by atoms with Crippen molar-refractivity contribution in [3.8, 4) is 28.8 Å². The lowest BCUT2D eigenvalue weighted by Crippen LogP contribution is -2.53. The first kappa shape index (κ1) is 40.0. The highest BCUT2D eigenvalue weighted by atomic mass is 19.1. The number of rotatable bonds is 9. The molecular weight excluding hydrogens is 717 g/mol. The van der Waals surface area contributed by atoms with Crippen LogP contribution in [-0.4, -0.2) is 89.8 Å². The highest BCUT2D eigenvalue weighted by molar-refractivity contribution is 5.92. The summed E-state index contributed by atoms with van der Waals surface area (Å²) in [5.41, 5.74) is 2.85. The second-order valence-electron chi connectivity index (χ2n) is 14.1. The van der Waals surface area contributed by atoms with E-state index in [0.717, 1.165) is 36.8 Å². The van der Waals surface area contributed by atoms with E-state index in [1.807, 2.05) is 49.4 Å². The molecule has 1 aromatic heterocycles. The average molecular weight is 768 g/mol. The minimum atomic E-state index is -0.960. The summed E-state index contributed by atoms with van der Waals surface area (Å²) in [6.07, 6.45) is 8.09. The zero-order valence-electron chi connectivity index (χ0n) is 32.5. The molecule has 1 fully saturated rings. The average Bonchev–Trinajstić information content (AvgIpc) is 3.63. The van der Waals surface area contributed by atoms with Gasteiger partial charge in [0.15, 0.2) is 5.82 Å². The van der Waals surface area contributed by atoms with Gasteiger partial charge in [-0.2, -0.15) is 4.98 Å². The van der Waals surface area contributed by atoms with Crippen LogP contribution < -0.4 is 19.5 Å². The number of ether oxygens (including phenoxy) is 4. The number of esters is 1. The predicted octanol–water partition coefficient (Wildman–Crippen LogP) is 7.16. The van der Waals surface area contributed by atoms with Crippen molar-refractivity contribution < 1.29 is 37.7 Å². The van der Waals surface area contributed by atoms with E-state index in [1.54, 1.807) is 43.1 Å². The first-order valence-corrected chi connectivity index (χ1v) is 19.3. The highest BCUT2D eigenvalue weighted by Gasteiger charge is 2.43. The molecule has 3 aromatic carbocycles. The van der Waals surface area contributed by atoms with Gasteiger partial charge in [-0.15, -0.1) is 0 Å². The summed E-state index contributed by atoms with van der Waals surface area (Å²) < 4.78 is 36.9. The van der Waals surface area contributed by atoms with Gasteiger partial charge in [0, 0.05) is 30.6 Å². The molecule has 0 aliphatic carbocycles. The molecule has 3 unspecified atom stereocenters. The number of nitrogens with one attached hydrogen (secondary N) is 1. The maximum Gasteiger partial charge on any atom is 0.328 e. The van der Waals surface area contributed by atoms with Crippen LogP contribution in [0.1, 0.15) is 63.0 Å². The lowest BCUT2D eigenvalue weighted by molar-refractivity contribution is -0.148. The molecule has 1 N–H and O–H groups in total. The molecule has 296 valence electrons. The number of nitrogens with zero attached hydrogens (tertiary/aromatic N) is 4. The zero-order chi connectivity index (χ0) is 39.6. The first-order chi connectivity index (χ1) is 27.2. The van der Waals surface area contributed by atoms with Crippen LogP contribution >= 0.6 is 0 Å². The summed E-state index contributed by atoms with van der Waals surface area (Å²) in [6.45, 7) is 4.66. The van der Waals surface area contributed by atoms with Crippen molar-refractivity contribution in [1.82, 2.24) is 25.1 Å². The molecule has 0 spiro atoms. The van der Waals surface area contributed by atoms with Crippen molar-refractivity contribution in [3.05, 3.63) is 89.8 Å². The molecule has 0 radical (unpaired) electrons. The van der Waals surface area contributed by atoms with Gasteiger partial charge in [0.1, 0.15) is 35.5 Å². The molecule has 3 heterocycles. The Balaban J connectivity index is 1.37. The number of amides is 3. The van der Waals surface area contributed by atoms with Gasteiger partial charge in [0.25, 0.3) is 0 Å². The van der Waals surface area contributed by atoms with Crippen molar-refractivity contribution in [2.45, 2.75) is 83.5 Å². The highest BCUT2D eigenvalue weighted by Crippen LogP contribution is 2.35. The molecular formula is C43H50FN5O7. The van der Waals surface area contributed by atoms with E-state index in [1.165, 1.54) is 12.1 Å². The van der Waals surface area contributed by atoms with Gasteiger partial charge in [0.2, 0.25) is 11.8 Å². The van der Waals surface area contributed by atoms with E-state index < -0.39 is 30.1 Å². The number of halogens is 1. The monoisotopic (exact) mass is 767 g/mol. The van der Waals surface area contributed by atoms with E-state index in [0.29, 0.717) is 59.7 Å². The Labute approximate surface area is 327 Å². The number of fused-ring (bicyclic) bond motifs is 2. The van der Waals surface area contributed by atoms with Crippen LogP contribution in [0.3, 0.4) is 0 Å². The largest absolute Gasteiger partial charge is 0.497 e.